The normalized spacial score (nSPS) is 14.6. The largest absolute Gasteiger partial charge is 0.484 e. The smallest absolute Gasteiger partial charge is 0.335 e. The van der Waals surface area contributed by atoms with Gasteiger partial charge < -0.3 is 10.1 Å². The molecule has 0 spiro atoms. The first-order valence-electron chi connectivity index (χ1n) is 10.7. The van der Waals surface area contributed by atoms with E-state index in [0.29, 0.717) is 32.6 Å². The van der Waals surface area contributed by atoms with Crippen LogP contribution in [0.3, 0.4) is 0 Å². The Morgan fingerprint density at radius 3 is 2.47 bits per heavy atom. The number of nitrogens with one attached hydrogen (secondary N) is 2. The van der Waals surface area contributed by atoms with Crippen LogP contribution >= 0.6 is 23.2 Å². The van der Waals surface area contributed by atoms with E-state index in [4.69, 9.17) is 27.9 Å². The van der Waals surface area contributed by atoms with E-state index in [0.717, 1.165) is 4.90 Å². The number of hydrogen-bond donors (Lipinski definition) is 2. The molecule has 1 aliphatic heterocycles. The number of nitrogens with zero attached hydrogens (tertiary/aromatic N) is 1. The Morgan fingerprint density at radius 1 is 1.00 bits per heavy atom. The van der Waals surface area contributed by atoms with Crippen molar-refractivity contribution in [1.82, 2.24) is 5.32 Å². The van der Waals surface area contributed by atoms with E-state index in [9.17, 15) is 19.2 Å². The lowest BCUT2D eigenvalue weighted by molar-refractivity contribution is -0.122. The van der Waals surface area contributed by atoms with Crippen LogP contribution in [0.1, 0.15) is 11.1 Å². The fraction of sp³-hybridized carbons (Fsp3) is 0.0769. The van der Waals surface area contributed by atoms with E-state index in [2.05, 4.69) is 10.6 Å². The summed E-state index contributed by atoms with van der Waals surface area (Å²) in [6.07, 6.45) is 1.34. The predicted octanol–water partition coefficient (Wildman–Crippen LogP) is 4.99. The molecule has 1 aliphatic rings. The highest BCUT2D eigenvalue weighted by Crippen LogP contribution is 2.28. The van der Waals surface area contributed by atoms with Crippen molar-refractivity contribution >= 4 is 64.4 Å². The second-order valence-corrected chi connectivity index (χ2v) is 8.68. The lowest BCUT2D eigenvalue weighted by Crippen LogP contribution is -2.54. The Bertz CT molecular complexity index is 1400. The van der Waals surface area contributed by atoms with Crippen molar-refractivity contribution in [3.8, 4) is 5.75 Å². The summed E-state index contributed by atoms with van der Waals surface area (Å²) in [5.41, 5.74) is 1.69. The SMILES string of the molecule is Cc1ccc(Cl)cc1N1C(=O)NC(=O)/C(=C/c2cccc(OCC(=O)Nc3ccc(Cl)cc3)c2)C1=O. The molecule has 5 amide bonds. The number of halogens is 2. The van der Waals surface area contributed by atoms with Crippen molar-refractivity contribution < 1.29 is 23.9 Å². The number of anilines is 2. The van der Waals surface area contributed by atoms with Gasteiger partial charge in [-0.25, -0.2) is 9.69 Å². The minimum Gasteiger partial charge on any atom is -0.484 e. The molecule has 1 saturated heterocycles. The van der Waals surface area contributed by atoms with Gasteiger partial charge in [-0.15, -0.1) is 0 Å². The molecule has 0 saturated carbocycles. The third-order valence-corrected chi connectivity index (χ3v) is 5.67. The highest BCUT2D eigenvalue weighted by atomic mass is 35.5. The van der Waals surface area contributed by atoms with Gasteiger partial charge in [-0.1, -0.05) is 41.4 Å². The number of carbonyl (C=O) groups excluding carboxylic acids is 4. The van der Waals surface area contributed by atoms with Crippen molar-refractivity contribution in [2.75, 3.05) is 16.8 Å². The van der Waals surface area contributed by atoms with Crippen molar-refractivity contribution in [2.45, 2.75) is 6.92 Å². The van der Waals surface area contributed by atoms with E-state index < -0.39 is 17.8 Å². The van der Waals surface area contributed by atoms with Gasteiger partial charge in [0.05, 0.1) is 5.69 Å². The molecule has 0 radical (unpaired) electrons. The lowest BCUT2D eigenvalue weighted by atomic mass is 10.1. The van der Waals surface area contributed by atoms with Gasteiger partial charge in [0.2, 0.25) is 0 Å². The quantitative estimate of drug-likeness (QED) is 0.350. The summed E-state index contributed by atoms with van der Waals surface area (Å²) in [6.45, 7) is 1.45. The molecule has 36 heavy (non-hydrogen) atoms. The standard InChI is InChI=1S/C26H19Cl2N3O5/c1-15-5-6-18(28)13-22(15)31-25(34)21(24(33)30-26(31)35)12-16-3-2-4-20(11-16)36-14-23(32)29-19-9-7-17(27)8-10-19/h2-13H,14H2,1H3,(H,29,32)(H,30,33,35)/b21-12-. The number of urea groups is 1. The Morgan fingerprint density at radius 2 is 1.72 bits per heavy atom. The van der Waals surface area contributed by atoms with Gasteiger partial charge in [0, 0.05) is 15.7 Å². The van der Waals surface area contributed by atoms with Gasteiger partial charge in [-0.3, -0.25) is 19.7 Å². The molecule has 2 N–H and O–H groups in total. The maximum atomic E-state index is 13.1. The average Bonchev–Trinajstić information content (AvgIpc) is 2.84. The monoisotopic (exact) mass is 523 g/mol. The van der Waals surface area contributed by atoms with Crippen molar-refractivity contribution in [2.24, 2.45) is 0 Å². The van der Waals surface area contributed by atoms with Crippen LogP contribution in [0, 0.1) is 6.92 Å². The first kappa shape index (κ1) is 25.0. The van der Waals surface area contributed by atoms with E-state index in [1.165, 1.54) is 12.1 Å². The molecular formula is C26H19Cl2N3O5. The molecule has 0 aromatic heterocycles. The summed E-state index contributed by atoms with van der Waals surface area (Å²) < 4.78 is 5.55. The number of barbiturate groups is 1. The van der Waals surface area contributed by atoms with Gasteiger partial charge in [-0.2, -0.15) is 0 Å². The second kappa shape index (κ2) is 10.6. The third-order valence-electron chi connectivity index (χ3n) is 5.18. The van der Waals surface area contributed by atoms with Crippen LogP contribution in [0.5, 0.6) is 5.75 Å². The van der Waals surface area contributed by atoms with E-state index in [1.807, 2.05) is 0 Å². The zero-order chi connectivity index (χ0) is 25.8. The zero-order valence-electron chi connectivity index (χ0n) is 18.9. The molecule has 8 nitrogen and oxygen atoms in total. The topological polar surface area (TPSA) is 105 Å². The van der Waals surface area contributed by atoms with E-state index in [1.54, 1.807) is 67.6 Å². The molecule has 1 heterocycles. The van der Waals surface area contributed by atoms with Crippen LogP contribution in [-0.2, 0) is 14.4 Å². The molecule has 4 rings (SSSR count). The summed E-state index contributed by atoms with van der Waals surface area (Å²) in [4.78, 5) is 51.1. The highest BCUT2D eigenvalue weighted by Gasteiger charge is 2.37. The van der Waals surface area contributed by atoms with E-state index >= 15 is 0 Å². The summed E-state index contributed by atoms with van der Waals surface area (Å²) in [5, 5.41) is 5.75. The van der Waals surface area contributed by atoms with Crippen LogP contribution in [0.15, 0.2) is 72.3 Å². The number of benzene rings is 3. The second-order valence-electron chi connectivity index (χ2n) is 7.80. The Hall–Kier alpha value is -4.14. The molecule has 182 valence electrons. The van der Waals surface area contributed by atoms with Crippen LogP contribution in [0.25, 0.3) is 6.08 Å². The Kier molecular flexibility index (Phi) is 7.38. The molecule has 1 fully saturated rings. The molecule has 10 heteroatoms. The summed E-state index contributed by atoms with van der Waals surface area (Å²) >= 11 is 11.9. The predicted molar refractivity (Wildman–Crippen MR) is 137 cm³/mol. The number of carbonyl (C=O) groups is 4. The first-order valence-corrected chi connectivity index (χ1v) is 11.4. The van der Waals surface area contributed by atoms with Crippen LogP contribution in [0.4, 0.5) is 16.2 Å². The minimum absolute atomic E-state index is 0.244. The van der Waals surface area contributed by atoms with Crippen molar-refractivity contribution in [3.63, 3.8) is 0 Å². The van der Waals surface area contributed by atoms with Crippen LogP contribution in [0.2, 0.25) is 10.0 Å². The fourth-order valence-corrected chi connectivity index (χ4v) is 3.73. The number of hydrogen-bond acceptors (Lipinski definition) is 5. The van der Waals surface area contributed by atoms with Crippen molar-refractivity contribution in [3.05, 3.63) is 93.5 Å². The zero-order valence-corrected chi connectivity index (χ0v) is 20.4. The minimum atomic E-state index is -0.865. The number of aryl methyl sites for hydroxylation is 1. The van der Waals surface area contributed by atoms with Gasteiger partial charge in [0.15, 0.2) is 6.61 Å². The van der Waals surface area contributed by atoms with Crippen LogP contribution < -0.4 is 20.3 Å². The molecule has 0 atom stereocenters. The van der Waals surface area contributed by atoms with Gasteiger partial charge in [-0.05, 0) is 72.7 Å². The molecule has 0 bridgehead atoms. The fourth-order valence-electron chi connectivity index (χ4n) is 3.44. The van der Waals surface area contributed by atoms with E-state index in [-0.39, 0.29) is 23.8 Å². The van der Waals surface area contributed by atoms with Crippen molar-refractivity contribution in [1.29, 1.82) is 0 Å². The Labute approximate surface area is 216 Å². The maximum absolute atomic E-state index is 13.1. The first-order chi connectivity index (χ1) is 17.2. The highest BCUT2D eigenvalue weighted by molar-refractivity contribution is 6.39. The molecule has 3 aromatic carbocycles. The summed E-state index contributed by atoms with van der Waals surface area (Å²) in [5.74, 6) is -1.65. The molecule has 3 aromatic rings. The summed E-state index contributed by atoms with van der Waals surface area (Å²) in [7, 11) is 0. The summed E-state index contributed by atoms with van der Waals surface area (Å²) in [6, 6.07) is 17.0. The number of amides is 5. The van der Waals surface area contributed by atoms with Crippen LogP contribution in [-0.4, -0.2) is 30.4 Å². The Balaban J connectivity index is 1.50. The average molecular weight is 524 g/mol. The van der Waals surface area contributed by atoms with Gasteiger partial charge in [0.25, 0.3) is 17.7 Å². The van der Waals surface area contributed by atoms with Gasteiger partial charge in [0.1, 0.15) is 11.3 Å². The maximum Gasteiger partial charge on any atom is 0.335 e. The number of rotatable bonds is 6. The third kappa shape index (κ3) is 5.73. The lowest BCUT2D eigenvalue weighted by Gasteiger charge is -2.27. The number of imide groups is 2. The molecule has 0 unspecified atom stereocenters. The number of ether oxygens (including phenoxy) is 1. The van der Waals surface area contributed by atoms with Gasteiger partial charge >= 0.3 is 6.03 Å². The molecule has 0 aliphatic carbocycles. The molecular weight excluding hydrogens is 505 g/mol.